The molecule has 0 bridgehead atoms. The minimum atomic E-state index is 0.373. The predicted octanol–water partition coefficient (Wildman–Crippen LogP) is 5.07. The number of rotatable bonds is 7. The molecule has 2 aromatic rings. The Hall–Kier alpha value is -1.54. The molecule has 0 spiro atoms. The fourth-order valence-electron chi connectivity index (χ4n) is 2.59. The number of aryl methyl sites for hydroxylation is 1. The van der Waals surface area contributed by atoms with Gasteiger partial charge in [0.1, 0.15) is 5.76 Å². The van der Waals surface area contributed by atoms with Crippen LogP contribution in [0.5, 0.6) is 0 Å². The summed E-state index contributed by atoms with van der Waals surface area (Å²) in [6.07, 6.45) is 3.81. The molecule has 2 rings (SSSR count). The number of hydrogen-bond donors (Lipinski definition) is 1. The van der Waals surface area contributed by atoms with Crippen LogP contribution >= 0.6 is 0 Å². The van der Waals surface area contributed by atoms with E-state index in [-0.39, 0.29) is 0 Å². The summed E-state index contributed by atoms with van der Waals surface area (Å²) in [4.78, 5) is 0. The van der Waals surface area contributed by atoms with Crippen LogP contribution in [0.4, 0.5) is 0 Å². The summed E-state index contributed by atoms with van der Waals surface area (Å²) in [7, 11) is 0. The highest BCUT2D eigenvalue weighted by Gasteiger charge is 2.10. The van der Waals surface area contributed by atoms with Gasteiger partial charge in [0.05, 0.1) is 6.26 Å². The Labute approximate surface area is 128 Å². The highest BCUT2D eigenvalue weighted by Crippen LogP contribution is 2.19. The lowest BCUT2D eigenvalue weighted by atomic mass is 9.99. The second kappa shape index (κ2) is 7.46. The third kappa shape index (κ3) is 4.75. The molecule has 0 radical (unpaired) electrons. The van der Waals surface area contributed by atoms with Crippen LogP contribution in [0.15, 0.2) is 47.1 Å². The topological polar surface area (TPSA) is 25.2 Å². The quantitative estimate of drug-likeness (QED) is 0.768. The van der Waals surface area contributed by atoms with Gasteiger partial charge in [-0.15, -0.1) is 0 Å². The molecule has 21 heavy (non-hydrogen) atoms. The molecule has 0 saturated carbocycles. The first-order valence-corrected chi connectivity index (χ1v) is 7.94. The molecule has 2 nitrogen and oxygen atoms in total. The Bertz CT molecular complexity index is 513. The maximum atomic E-state index is 5.38. The van der Waals surface area contributed by atoms with Crippen LogP contribution in [0.3, 0.4) is 0 Å². The van der Waals surface area contributed by atoms with Gasteiger partial charge in [0.15, 0.2) is 0 Å². The molecule has 0 unspecified atom stereocenters. The number of benzene rings is 1. The van der Waals surface area contributed by atoms with E-state index in [0.29, 0.717) is 18.0 Å². The first-order valence-electron chi connectivity index (χ1n) is 7.94. The molecule has 0 aliphatic rings. The van der Waals surface area contributed by atoms with E-state index in [2.05, 4.69) is 57.3 Å². The Kier molecular flexibility index (Phi) is 5.63. The average molecular weight is 285 g/mol. The standard InChI is InChI=1S/C19H27NO/c1-14(2)17-8-10-18(11-9-17)16(4)20-15(3)7-12-19-6-5-13-21-19/h5-6,8-11,13-16,20H,7,12H2,1-4H3/t15-,16+/m1/s1. The average Bonchev–Trinajstić information content (AvgIpc) is 2.98. The van der Waals surface area contributed by atoms with E-state index in [4.69, 9.17) is 4.42 Å². The van der Waals surface area contributed by atoms with E-state index >= 15 is 0 Å². The van der Waals surface area contributed by atoms with Gasteiger partial charge in [-0.25, -0.2) is 0 Å². The molecule has 0 amide bonds. The zero-order valence-corrected chi connectivity index (χ0v) is 13.6. The fraction of sp³-hybridized carbons (Fsp3) is 0.474. The second-order valence-electron chi connectivity index (χ2n) is 6.23. The Morgan fingerprint density at radius 2 is 1.62 bits per heavy atom. The zero-order valence-electron chi connectivity index (χ0n) is 13.6. The van der Waals surface area contributed by atoms with Crippen molar-refractivity contribution in [3.63, 3.8) is 0 Å². The molecule has 0 saturated heterocycles. The minimum absolute atomic E-state index is 0.373. The van der Waals surface area contributed by atoms with E-state index < -0.39 is 0 Å². The van der Waals surface area contributed by atoms with Crippen molar-refractivity contribution in [2.75, 3.05) is 0 Å². The lowest BCUT2D eigenvalue weighted by molar-refractivity contribution is 0.430. The number of furan rings is 1. The molecule has 114 valence electrons. The molecule has 0 aliphatic carbocycles. The van der Waals surface area contributed by atoms with Gasteiger partial charge < -0.3 is 9.73 Å². The van der Waals surface area contributed by atoms with Gasteiger partial charge in [0, 0.05) is 18.5 Å². The van der Waals surface area contributed by atoms with Crippen LogP contribution in [-0.4, -0.2) is 6.04 Å². The Morgan fingerprint density at radius 3 is 2.19 bits per heavy atom. The molecule has 2 atom stereocenters. The fourth-order valence-corrected chi connectivity index (χ4v) is 2.59. The SMILES string of the molecule is CC(C)c1ccc([C@H](C)N[C@H](C)CCc2ccco2)cc1. The van der Waals surface area contributed by atoms with Crippen molar-refractivity contribution in [3.05, 3.63) is 59.5 Å². The van der Waals surface area contributed by atoms with Crippen LogP contribution in [0, 0.1) is 0 Å². The predicted molar refractivity (Wildman–Crippen MR) is 88.6 cm³/mol. The lowest BCUT2D eigenvalue weighted by Gasteiger charge is -2.20. The van der Waals surface area contributed by atoms with E-state index in [1.54, 1.807) is 6.26 Å². The van der Waals surface area contributed by atoms with Gasteiger partial charge in [-0.3, -0.25) is 0 Å². The summed E-state index contributed by atoms with van der Waals surface area (Å²) in [5.74, 6) is 1.66. The molecular weight excluding hydrogens is 258 g/mol. The van der Waals surface area contributed by atoms with E-state index in [1.165, 1.54) is 11.1 Å². The molecule has 1 aromatic heterocycles. The van der Waals surface area contributed by atoms with Crippen LogP contribution in [0.2, 0.25) is 0 Å². The highest BCUT2D eigenvalue weighted by molar-refractivity contribution is 5.26. The van der Waals surface area contributed by atoms with Crippen LogP contribution in [0.25, 0.3) is 0 Å². The molecule has 2 heteroatoms. The smallest absolute Gasteiger partial charge is 0.103 e. The lowest BCUT2D eigenvalue weighted by Crippen LogP contribution is -2.29. The molecule has 0 fully saturated rings. The summed E-state index contributed by atoms with van der Waals surface area (Å²) < 4.78 is 5.38. The largest absolute Gasteiger partial charge is 0.469 e. The summed E-state index contributed by atoms with van der Waals surface area (Å²) in [6.45, 7) is 8.93. The number of nitrogens with one attached hydrogen (secondary N) is 1. The summed E-state index contributed by atoms with van der Waals surface area (Å²) in [6, 6.07) is 13.8. The summed E-state index contributed by atoms with van der Waals surface area (Å²) in [5, 5.41) is 3.67. The summed E-state index contributed by atoms with van der Waals surface area (Å²) in [5.41, 5.74) is 2.75. The van der Waals surface area contributed by atoms with Gasteiger partial charge in [-0.1, -0.05) is 38.1 Å². The third-order valence-electron chi connectivity index (χ3n) is 4.04. The first kappa shape index (κ1) is 15.8. The van der Waals surface area contributed by atoms with Crippen molar-refractivity contribution in [1.82, 2.24) is 5.32 Å². The van der Waals surface area contributed by atoms with E-state index in [9.17, 15) is 0 Å². The molecule has 1 N–H and O–H groups in total. The molecular formula is C19H27NO. The Balaban J connectivity index is 1.83. The maximum Gasteiger partial charge on any atom is 0.103 e. The normalized spacial score (nSPS) is 14.3. The minimum Gasteiger partial charge on any atom is -0.469 e. The monoisotopic (exact) mass is 285 g/mol. The van der Waals surface area contributed by atoms with Gasteiger partial charge in [0.25, 0.3) is 0 Å². The van der Waals surface area contributed by atoms with Crippen LogP contribution in [0.1, 0.15) is 63.0 Å². The zero-order chi connectivity index (χ0) is 15.2. The second-order valence-corrected chi connectivity index (χ2v) is 6.23. The van der Waals surface area contributed by atoms with E-state index in [1.807, 2.05) is 12.1 Å². The van der Waals surface area contributed by atoms with Crippen molar-refractivity contribution in [2.45, 2.75) is 58.5 Å². The van der Waals surface area contributed by atoms with Crippen LogP contribution in [-0.2, 0) is 6.42 Å². The van der Waals surface area contributed by atoms with Crippen molar-refractivity contribution in [2.24, 2.45) is 0 Å². The van der Waals surface area contributed by atoms with Crippen molar-refractivity contribution >= 4 is 0 Å². The highest BCUT2D eigenvalue weighted by atomic mass is 16.3. The van der Waals surface area contributed by atoms with Crippen molar-refractivity contribution < 1.29 is 4.42 Å². The number of hydrogen-bond acceptors (Lipinski definition) is 2. The van der Waals surface area contributed by atoms with Gasteiger partial charge in [0.2, 0.25) is 0 Å². The van der Waals surface area contributed by atoms with Gasteiger partial charge in [-0.05, 0) is 49.4 Å². The van der Waals surface area contributed by atoms with Gasteiger partial charge >= 0.3 is 0 Å². The maximum absolute atomic E-state index is 5.38. The van der Waals surface area contributed by atoms with Gasteiger partial charge in [-0.2, -0.15) is 0 Å². The van der Waals surface area contributed by atoms with E-state index in [0.717, 1.165) is 18.6 Å². The molecule has 1 heterocycles. The van der Waals surface area contributed by atoms with Crippen molar-refractivity contribution in [3.8, 4) is 0 Å². The first-order chi connectivity index (χ1) is 10.1. The third-order valence-corrected chi connectivity index (χ3v) is 4.04. The Morgan fingerprint density at radius 1 is 0.952 bits per heavy atom. The van der Waals surface area contributed by atoms with Crippen LogP contribution < -0.4 is 5.32 Å². The molecule has 0 aliphatic heterocycles. The molecule has 1 aromatic carbocycles. The van der Waals surface area contributed by atoms with Crippen molar-refractivity contribution in [1.29, 1.82) is 0 Å². The summed E-state index contributed by atoms with van der Waals surface area (Å²) >= 11 is 0.